The standard InChI is InChI=1S/C22H20Cl2N4O4/c1-12(20(29)27-19-16(24)10-14(23)11-25-19)32-22(31)13-6-7-15-17(9-13)26-18-5-3-2-4-8-28(18)21(15)30/h6-7,9-12H,2-5,8H2,1H3,(H,25,27,29)/t12-/m0/s1. The molecule has 3 heterocycles. The highest BCUT2D eigenvalue weighted by Crippen LogP contribution is 2.23. The van der Waals surface area contributed by atoms with Gasteiger partial charge in [0.2, 0.25) is 0 Å². The maximum atomic E-state index is 12.8. The lowest BCUT2D eigenvalue weighted by Gasteiger charge is -2.14. The van der Waals surface area contributed by atoms with Crippen LogP contribution >= 0.6 is 23.2 Å². The molecule has 0 unspecified atom stereocenters. The third-order valence-corrected chi connectivity index (χ3v) is 5.75. The maximum absolute atomic E-state index is 12.8. The van der Waals surface area contributed by atoms with E-state index in [1.165, 1.54) is 31.3 Å². The molecule has 0 aliphatic carbocycles. The fourth-order valence-electron chi connectivity index (χ4n) is 3.55. The molecular weight excluding hydrogens is 455 g/mol. The van der Waals surface area contributed by atoms with E-state index in [-0.39, 0.29) is 22.0 Å². The van der Waals surface area contributed by atoms with Crippen LogP contribution in [0.15, 0.2) is 35.3 Å². The Labute approximate surface area is 193 Å². The number of fused-ring (bicyclic) bond motifs is 2. The Balaban J connectivity index is 1.51. The van der Waals surface area contributed by atoms with Crippen molar-refractivity contribution in [1.29, 1.82) is 0 Å². The maximum Gasteiger partial charge on any atom is 0.338 e. The number of hydrogen-bond donors (Lipinski definition) is 1. The summed E-state index contributed by atoms with van der Waals surface area (Å²) in [4.78, 5) is 46.4. The number of esters is 1. The smallest absolute Gasteiger partial charge is 0.338 e. The lowest BCUT2D eigenvalue weighted by molar-refractivity contribution is -0.123. The first-order valence-electron chi connectivity index (χ1n) is 10.2. The van der Waals surface area contributed by atoms with Gasteiger partial charge in [0.05, 0.1) is 26.5 Å². The Morgan fingerprint density at radius 3 is 2.78 bits per heavy atom. The van der Waals surface area contributed by atoms with Crippen molar-refractivity contribution >= 4 is 51.8 Å². The summed E-state index contributed by atoms with van der Waals surface area (Å²) in [7, 11) is 0. The minimum Gasteiger partial charge on any atom is -0.449 e. The Hall–Kier alpha value is -2.97. The van der Waals surface area contributed by atoms with Crippen LogP contribution in [0.1, 0.15) is 42.4 Å². The van der Waals surface area contributed by atoms with Crippen molar-refractivity contribution in [3.8, 4) is 0 Å². The van der Waals surface area contributed by atoms with Crippen LogP contribution in [0.3, 0.4) is 0 Å². The number of ether oxygens (including phenoxy) is 1. The zero-order chi connectivity index (χ0) is 22.8. The molecule has 166 valence electrons. The third-order valence-electron chi connectivity index (χ3n) is 5.25. The van der Waals surface area contributed by atoms with Crippen LogP contribution in [0.2, 0.25) is 10.0 Å². The number of aromatic nitrogens is 3. The van der Waals surface area contributed by atoms with E-state index in [0.29, 0.717) is 22.5 Å². The van der Waals surface area contributed by atoms with Crippen LogP contribution < -0.4 is 10.9 Å². The fraction of sp³-hybridized carbons (Fsp3) is 0.318. The van der Waals surface area contributed by atoms with Crippen molar-refractivity contribution in [3.63, 3.8) is 0 Å². The average molecular weight is 475 g/mol. The first-order valence-corrected chi connectivity index (χ1v) is 11.0. The normalized spacial score (nSPS) is 14.3. The number of aryl methyl sites for hydroxylation is 1. The van der Waals surface area contributed by atoms with Gasteiger partial charge >= 0.3 is 5.97 Å². The molecule has 3 aromatic rings. The molecule has 0 radical (unpaired) electrons. The van der Waals surface area contributed by atoms with Gasteiger partial charge in [-0.2, -0.15) is 0 Å². The fourth-order valence-corrected chi connectivity index (χ4v) is 3.98. The van der Waals surface area contributed by atoms with E-state index in [1.807, 2.05) is 0 Å². The zero-order valence-electron chi connectivity index (χ0n) is 17.2. The first-order chi connectivity index (χ1) is 15.3. The molecule has 0 spiro atoms. The highest BCUT2D eigenvalue weighted by Gasteiger charge is 2.21. The molecule has 0 saturated heterocycles. The van der Waals surface area contributed by atoms with Gasteiger partial charge in [0.1, 0.15) is 5.82 Å². The summed E-state index contributed by atoms with van der Waals surface area (Å²) in [6, 6.07) is 6.03. The van der Waals surface area contributed by atoms with Crippen molar-refractivity contribution in [2.45, 2.75) is 45.3 Å². The molecule has 32 heavy (non-hydrogen) atoms. The number of carbonyl (C=O) groups is 2. The molecule has 2 aromatic heterocycles. The van der Waals surface area contributed by atoms with E-state index < -0.39 is 18.0 Å². The molecule has 4 rings (SSSR count). The Morgan fingerprint density at radius 2 is 2.00 bits per heavy atom. The largest absolute Gasteiger partial charge is 0.449 e. The van der Waals surface area contributed by atoms with Crippen LogP contribution in [-0.2, 0) is 22.5 Å². The number of nitrogens with zero attached hydrogens (tertiary/aromatic N) is 3. The average Bonchev–Trinajstić information content (AvgIpc) is 3.01. The minimum atomic E-state index is -1.11. The summed E-state index contributed by atoms with van der Waals surface area (Å²) in [5.74, 6) is -0.468. The lowest BCUT2D eigenvalue weighted by Crippen LogP contribution is -2.30. The number of carbonyl (C=O) groups excluding carboxylic acids is 2. The van der Waals surface area contributed by atoms with Crippen molar-refractivity contribution in [2.75, 3.05) is 5.32 Å². The number of pyridine rings is 1. The Morgan fingerprint density at radius 1 is 1.19 bits per heavy atom. The number of anilines is 1. The molecule has 1 atom stereocenters. The monoisotopic (exact) mass is 474 g/mol. The van der Waals surface area contributed by atoms with Crippen molar-refractivity contribution in [3.05, 3.63) is 62.2 Å². The molecule has 0 saturated carbocycles. The summed E-state index contributed by atoms with van der Waals surface area (Å²) in [5.41, 5.74) is 0.532. The number of benzene rings is 1. The summed E-state index contributed by atoms with van der Waals surface area (Å²) in [6.45, 7) is 2.09. The summed E-state index contributed by atoms with van der Waals surface area (Å²) < 4.78 is 7.00. The van der Waals surface area contributed by atoms with Crippen LogP contribution in [0.25, 0.3) is 10.9 Å². The molecule has 1 aliphatic rings. The Bertz CT molecular complexity index is 1270. The molecular formula is C22H20Cl2N4O4. The second-order valence-corrected chi connectivity index (χ2v) is 8.39. The van der Waals surface area contributed by atoms with Crippen LogP contribution in [0.4, 0.5) is 5.82 Å². The van der Waals surface area contributed by atoms with Gasteiger partial charge < -0.3 is 10.1 Å². The number of rotatable bonds is 4. The number of amides is 1. The first kappa shape index (κ1) is 22.2. The summed E-state index contributed by atoms with van der Waals surface area (Å²) in [6.07, 6.45) is 3.91. The van der Waals surface area contributed by atoms with Gasteiger partial charge in [0.25, 0.3) is 11.5 Å². The van der Waals surface area contributed by atoms with E-state index in [2.05, 4.69) is 15.3 Å². The number of halogens is 2. The van der Waals surface area contributed by atoms with Gasteiger partial charge in [-0.15, -0.1) is 0 Å². The van der Waals surface area contributed by atoms with E-state index in [9.17, 15) is 14.4 Å². The number of nitrogens with one attached hydrogen (secondary N) is 1. The minimum absolute atomic E-state index is 0.105. The molecule has 8 nitrogen and oxygen atoms in total. The van der Waals surface area contributed by atoms with E-state index >= 15 is 0 Å². The Kier molecular flexibility index (Phi) is 6.43. The van der Waals surface area contributed by atoms with Crippen LogP contribution in [0.5, 0.6) is 0 Å². The molecule has 1 aliphatic heterocycles. The van der Waals surface area contributed by atoms with Crippen LogP contribution in [-0.4, -0.2) is 32.5 Å². The molecule has 10 heteroatoms. The highest BCUT2D eigenvalue weighted by molar-refractivity contribution is 6.36. The predicted octanol–water partition coefficient (Wildman–Crippen LogP) is 4.01. The molecule has 0 fully saturated rings. The molecule has 0 bridgehead atoms. The second kappa shape index (κ2) is 9.26. The number of hydrogen-bond acceptors (Lipinski definition) is 6. The highest BCUT2D eigenvalue weighted by atomic mass is 35.5. The van der Waals surface area contributed by atoms with Crippen LogP contribution in [0, 0.1) is 0 Å². The van der Waals surface area contributed by atoms with Gasteiger partial charge in [-0.1, -0.05) is 29.6 Å². The van der Waals surface area contributed by atoms with Gasteiger partial charge in [-0.05, 0) is 44.0 Å². The lowest BCUT2D eigenvalue weighted by atomic mass is 10.1. The van der Waals surface area contributed by atoms with Crippen molar-refractivity contribution < 1.29 is 14.3 Å². The summed E-state index contributed by atoms with van der Waals surface area (Å²) >= 11 is 11.8. The quantitative estimate of drug-likeness (QED) is 0.572. The van der Waals surface area contributed by atoms with Crippen molar-refractivity contribution in [2.24, 2.45) is 0 Å². The molecule has 1 aromatic carbocycles. The van der Waals surface area contributed by atoms with Gasteiger partial charge in [-0.3, -0.25) is 14.2 Å². The second-order valence-electron chi connectivity index (χ2n) is 7.55. The molecule has 1 N–H and O–H groups in total. The summed E-state index contributed by atoms with van der Waals surface area (Å²) in [5, 5.41) is 3.43. The zero-order valence-corrected chi connectivity index (χ0v) is 18.7. The SMILES string of the molecule is C[C@H](OC(=O)c1ccc2c(=O)n3c(nc2c1)CCCCC3)C(=O)Nc1ncc(Cl)cc1Cl. The third kappa shape index (κ3) is 4.61. The van der Waals surface area contributed by atoms with E-state index in [1.54, 1.807) is 10.6 Å². The van der Waals surface area contributed by atoms with Gasteiger partial charge in [0, 0.05) is 19.2 Å². The van der Waals surface area contributed by atoms with E-state index in [0.717, 1.165) is 31.5 Å². The predicted molar refractivity (Wildman–Crippen MR) is 121 cm³/mol. The van der Waals surface area contributed by atoms with Gasteiger partial charge in [-0.25, -0.2) is 14.8 Å². The van der Waals surface area contributed by atoms with E-state index in [4.69, 9.17) is 27.9 Å². The topological polar surface area (TPSA) is 103 Å². The van der Waals surface area contributed by atoms with Crippen molar-refractivity contribution in [1.82, 2.24) is 14.5 Å². The molecule has 1 amide bonds. The van der Waals surface area contributed by atoms with Gasteiger partial charge in [0.15, 0.2) is 11.9 Å².